The third-order valence-corrected chi connectivity index (χ3v) is 5.90. The summed E-state index contributed by atoms with van der Waals surface area (Å²) in [5.74, 6) is 1.43. The van der Waals surface area contributed by atoms with Crippen molar-refractivity contribution in [1.82, 2.24) is 10.2 Å². The highest BCUT2D eigenvalue weighted by Gasteiger charge is 2.18. The SMILES string of the molecule is COc1cccc(COC(C)C(=O)NCc2cccc(OCCN(C)C3CCOCC3)c2)c1. The van der Waals surface area contributed by atoms with E-state index in [0.717, 1.165) is 55.2 Å². The van der Waals surface area contributed by atoms with Gasteiger partial charge in [-0.05, 0) is 62.2 Å². The summed E-state index contributed by atoms with van der Waals surface area (Å²) in [5.41, 5.74) is 1.94. The highest BCUT2D eigenvalue weighted by Crippen LogP contribution is 2.16. The molecule has 3 rings (SSSR count). The average molecular weight is 457 g/mol. The lowest BCUT2D eigenvalue weighted by atomic mass is 10.1. The van der Waals surface area contributed by atoms with Gasteiger partial charge in [-0.25, -0.2) is 0 Å². The largest absolute Gasteiger partial charge is 0.497 e. The lowest BCUT2D eigenvalue weighted by molar-refractivity contribution is -0.132. The molecule has 0 bridgehead atoms. The van der Waals surface area contributed by atoms with Gasteiger partial charge in [0, 0.05) is 32.3 Å². The van der Waals surface area contributed by atoms with Crippen molar-refractivity contribution in [2.75, 3.05) is 40.5 Å². The zero-order chi connectivity index (χ0) is 23.5. The van der Waals surface area contributed by atoms with Crippen LogP contribution in [0.5, 0.6) is 11.5 Å². The Labute approximate surface area is 197 Å². The highest BCUT2D eigenvalue weighted by molar-refractivity contribution is 5.80. The molecule has 2 aromatic carbocycles. The summed E-state index contributed by atoms with van der Waals surface area (Å²) in [5, 5.41) is 2.94. The van der Waals surface area contributed by atoms with Crippen LogP contribution in [0.3, 0.4) is 0 Å². The number of carbonyl (C=O) groups excluding carboxylic acids is 1. The molecule has 1 saturated heterocycles. The average Bonchev–Trinajstić information content (AvgIpc) is 2.86. The molecule has 7 nitrogen and oxygen atoms in total. The second-order valence-electron chi connectivity index (χ2n) is 8.34. The normalized spacial score (nSPS) is 15.3. The first-order valence-electron chi connectivity index (χ1n) is 11.6. The third-order valence-electron chi connectivity index (χ3n) is 5.90. The second-order valence-corrected chi connectivity index (χ2v) is 8.34. The van der Waals surface area contributed by atoms with Gasteiger partial charge in [0.05, 0.1) is 13.7 Å². The van der Waals surface area contributed by atoms with E-state index in [9.17, 15) is 4.79 Å². The lowest BCUT2D eigenvalue weighted by Gasteiger charge is -2.31. The van der Waals surface area contributed by atoms with Gasteiger partial charge in [-0.3, -0.25) is 9.69 Å². The fraction of sp³-hybridized carbons (Fsp3) is 0.500. The molecule has 1 aliphatic heterocycles. The molecule has 180 valence electrons. The summed E-state index contributed by atoms with van der Waals surface area (Å²) >= 11 is 0. The molecular weight excluding hydrogens is 420 g/mol. The van der Waals surface area contributed by atoms with Gasteiger partial charge >= 0.3 is 0 Å². The van der Waals surface area contributed by atoms with Gasteiger partial charge in [0.15, 0.2) is 0 Å². The smallest absolute Gasteiger partial charge is 0.249 e. The molecule has 1 unspecified atom stereocenters. The van der Waals surface area contributed by atoms with Crippen molar-refractivity contribution < 1.29 is 23.7 Å². The van der Waals surface area contributed by atoms with Crippen LogP contribution in [0.15, 0.2) is 48.5 Å². The number of hydrogen-bond acceptors (Lipinski definition) is 6. The van der Waals surface area contributed by atoms with Crippen LogP contribution in [0, 0.1) is 0 Å². The molecule has 1 amide bonds. The monoisotopic (exact) mass is 456 g/mol. The fourth-order valence-electron chi connectivity index (χ4n) is 3.75. The molecular formula is C26H36N2O5. The number of rotatable bonds is 12. The Balaban J connectivity index is 1.38. The van der Waals surface area contributed by atoms with Crippen LogP contribution < -0.4 is 14.8 Å². The maximum atomic E-state index is 12.4. The maximum absolute atomic E-state index is 12.4. The quantitative estimate of drug-likeness (QED) is 0.528. The van der Waals surface area contributed by atoms with Crippen molar-refractivity contribution in [3.8, 4) is 11.5 Å². The number of methoxy groups -OCH3 is 1. The van der Waals surface area contributed by atoms with E-state index in [1.807, 2.05) is 48.5 Å². The molecule has 0 spiro atoms. The Morgan fingerprint density at radius 2 is 1.82 bits per heavy atom. The number of nitrogens with zero attached hydrogens (tertiary/aromatic N) is 1. The number of benzene rings is 2. The highest BCUT2D eigenvalue weighted by atomic mass is 16.5. The fourth-order valence-corrected chi connectivity index (χ4v) is 3.75. The minimum Gasteiger partial charge on any atom is -0.497 e. The molecule has 1 fully saturated rings. The van der Waals surface area contributed by atoms with Crippen LogP contribution in [0.25, 0.3) is 0 Å². The Kier molecular flexibility index (Phi) is 10.00. The van der Waals surface area contributed by atoms with E-state index >= 15 is 0 Å². The number of amides is 1. The van der Waals surface area contributed by atoms with Crippen molar-refractivity contribution in [2.24, 2.45) is 0 Å². The molecule has 1 atom stereocenters. The van der Waals surface area contributed by atoms with Crippen molar-refractivity contribution >= 4 is 5.91 Å². The Morgan fingerprint density at radius 1 is 1.12 bits per heavy atom. The molecule has 0 aliphatic carbocycles. The number of carbonyl (C=O) groups is 1. The van der Waals surface area contributed by atoms with Crippen molar-refractivity contribution in [3.05, 3.63) is 59.7 Å². The van der Waals surface area contributed by atoms with Gasteiger partial charge in [-0.1, -0.05) is 24.3 Å². The van der Waals surface area contributed by atoms with Gasteiger partial charge in [0.1, 0.15) is 24.2 Å². The lowest BCUT2D eigenvalue weighted by Crippen LogP contribution is -2.38. The summed E-state index contributed by atoms with van der Waals surface area (Å²) in [6, 6.07) is 16.0. The van der Waals surface area contributed by atoms with Crippen LogP contribution in [-0.4, -0.2) is 63.5 Å². The Morgan fingerprint density at radius 3 is 2.58 bits per heavy atom. The molecule has 1 heterocycles. The summed E-state index contributed by atoms with van der Waals surface area (Å²) < 4.78 is 22.3. The predicted molar refractivity (Wildman–Crippen MR) is 127 cm³/mol. The molecule has 1 N–H and O–H groups in total. The van der Waals surface area contributed by atoms with Crippen LogP contribution in [0.4, 0.5) is 0 Å². The molecule has 2 aromatic rings. The number of nitrogens with one attached hydrogen (secondary N) is 1. The second kappa shape index (κ2) is 13.2. The Hall–Kier alpha value is -2.61. The predicted octanol–water partition coefficient (Wildman–Crippen LogP) is 3.41. The number of ether oxygens (including phenoxy) is 4. The molecule has 7 heteroatoms. The Bertz CT molecular complexity index is 869. The van der Waals surface area contributed by atoms with Gasteiger partial charge in [0.2, 0.25) is 5.91 Å². The van der Waals surface area contributed by atoms with Gasteiger partial charge in [-0.2, -0.15) is 0 Å². The van der Waals surface area contributed by atoms with Crippen LogP contribution in [0.2, 0.25) is 0 Å². The van der Waals surface area contributed by atoms with Crippen molar-refractivity contribution in [2.45, 2.75) is 45.1 Å². The van der Waals surface area contributed by atoms with Crippen LogP contribution in [-0.2, 0) is 27.4 Å². The molecule has 33 heavy (non-hydrogen) atoms. The van der Waals surface area contributed by atoms with E-state index in [4.69, 9.17) is 18.9 Å². The zero-order valence-electron chi connectivity index (χ0n) is 19.9. The minimum absolute atomic E-state index is 0.151. The summed E-state index contributed by atoms with van der Waals surface area (Å²) in [6.07, 6.45) is 1.59. The van der Waals surface area contributed by atoms with E-state index < -0.39 is 6.10 Å². The molecule has 0 saturated carbocycles. The first-order valence-corrected chi connectivity index (χ1v) is 11.6. The maximum Gasteiger partial charge on any atom is 0.249 e. The minimum atomic E-state index is -0.559. The first kappa shape index (κ1) is 25.0. The van der Waals surface area contributed by atoms with E-state index in [1.54, 1.807) is 14.0 Å². The summed E-state index contributed by atoms with van der Waals surface area (Å²) in [6.45, 7) is 5.70. The zero-order valence-corrected chi connectivity index (χ0v) is 19.9. The molecule has 0 radical (unpaired) electrons. The van der Waals surface area contributed by atoms with E-state index in [0.29, 0.717) is 25.8 Å². The van der Waals surface area contributed by atoms with E-state index in [1.165, 1.54) is 0 Å². The molecule has 0 aromatic heterocycles. The van der Waals surface area contributed by atoms with Crippen molar-refractivity contribution in [1.29, 1.82) is 0 Å². The van der Waals surface area contributed by atoms with Gasteiger partial charge in [0.25, 0.3) is 0 Å². The van der Waals surface area contributed by atoms with Crippen LogP contribution >= 0.6 is 0 Å². The number of hydrogen-bond donors (Lipinski definition) is 1. The summed E-state index contributed by atoms with van der Waals surface area (Å²) in [7, 11) is 3.77. The van der Waals surface area contributed by atoms with Gasteiger partial charge in [-0.15, -0.1) is 0 Å². The van der Waals surface area contributed by atoms with Crippen molar-refractivity contribution in [3.63, 3.8) is 0 Å². The topological polar surface area (TPSA) is 69.3 Å². The standard InChI is InChI=1S/C26H36N2O5/c1-20(33-19-22-7-5-8-24(17-22)30-3)26(29)27-18-21-6-4-9-25(16-21)32-15-12-28(2)23-10-13-31-14-11-23/h4-9,16-17,20,23H,10-15,18-19H2,1-3H3,(H,27,29). The van der Waals surface area contributed by atoms with E-state index in [2.05, 4.69) is 17.3 Å². The van der Waals surface area contributed by atoms with Crippen LogP contribution in [0.1, 0.15) is 30.9 Å². The molecule has 1 aliphatic rings. The third kappa shape index (κ3) is 8.35. The number of likely N-dealkylation sites (N-methyl/N-ethyl adjacent to an activating group) is 1. The first-order chi connectivity index (χ1) is 16.0. The summed E-state index contributed by atoms with van der Waals surface area (Å²) in [4.78, 5) is 14.8. The van der Waals surface area contributed by atoms with Gasteiger partial charge < -0.3 is 24.3 Å². The van der Waals surface area contributed by atoms with E-state index in [-0.39, 0.29) is 5.91 Å².